The number of aromatic nitrogens is 4. The van der Waals surface area contributed by atoms with Gasteiger partial charge >= 0.3 is 5.97 Å². The minimum atomic E-state index is -0.911. The zero-order valence-electron chi connectivity index (χ0n) is 13.0. The standard InChI is InChI=1S/C17H18N4O2/c1-12(2)21-9-8-18-17(21)16-15(13-6-4-3-5-7-13)19-11-20(16)10-14(22)23/h3-9,11-12H,10H2,1-2H3,(H,22,23). The molecule has 0 aliphatic rings. The van der Waals surface area contributed by atoms with Gasteiger partial charge in [0.25, 0.3) is 0 Å². The van der Waals surface area contributed by atoms with Crippen LogP contribution < -0.4 is 0 Å². The summed E-state index contributed by atoms with van der Waals surface area (Å²) in [7, 11) is 0. The molecule has 0 spiro atoms. The van der Waals surface area contributed by atoms with Crippen molar-refractivity contribution >= 4 is 5.97 Å². The molecule has 6 heteroatoms. The van der Waals surface area contributed by atoms with Crippen molar-refractivity contribution < 1.29 is 9.90 Å². The molecule has 118 valence electrons. The van der Waals surface area contributed by atoms with Crippen molar-refractivity contribution in [3.8, 4) is 22.8 Å². The van der Waals surface area contributed by atoms with Crippen LogP contribution in [-0.2, 0) is 11.3 Å². The predicted molar refractivity (Wildman–Crippen MR) is 86.9 cm³/mol. The molecule has 0 aliphatic carbocycles. The first kappa shape index (κ1) is 15.0. The van der Waals surface area contributed by atoms with Crippen LogP contribution in [0.15, 0.2) is 49.1 Å². The molecule has 3 aromatic rings. The van der Waals surface area contributed by atoms with Gasteiger partial charge in [0.05, 0.1) is 12.0 Å². The highest BCUT2D eigenvalue weighted by Gasteiger charge is 2.21. The number of aliphatic carboxylic acids is 1. The van der Waals surface area contributed by atoms with Gasteiger partial charge in [-0.2, -0.15) is 0 Å². The number of imidazole rings is 2. The van der Waals surface area contributed by atoms with E-state index in [0.717, 1.165) is 22.8 Å². The average molecular weight is 310 g/mol. The molecule has 0 saturated carbocycles. The summed E-state index contributed by atoms with van der Waals surface area (Å²) in [4.78, 5) is 20.1. The van der Waals surface area contributed by atoms with Gasteiger partial charge in [-0.05, 0) is 13.8 Å². The van der Waals surface area contributed by atoms with Gasteiger partial charge in [-0.15, -0.1) is 0 Å². The fraction of sp³-hybridized carbons (Fsp3) is 0.235. The van der Waals surface area contributed by atoms with Crippen LogP contribution in [0.4, 0.5) is 0 Å². The van der Waals surface area contributed by atoms with Gasteiger partial charge in [-0.3, -0.25) is 4.79 Å². The highest BCUT2D eigenvalue weighted by atomic mass is 16.4. The lowest BCUT2D eigenvalue weighted by molar-refractivity contribution is -0.137. The number of hydrogen-bond donors (Lipinski definition) is 1. The van der Waals surface area contributed by atoms with E-state index in [1.54, 1.807) is 17.1 Å². The van der Waals surface area contributed by atoms with Crippen LogP contribution in [0.2, 0.25) is 0 Å². The number of carbonyl (C=O) groups is 1. The quantitative estimate of drug-likeness (QED) is 0.786. The van der Waals surface area contributed by atoms with E-state index in [2.05, 4.69) is 23.8 Å². The van der Waals surface area contributed by atoms with Crippen molar-refractivity contribution in [2.45, 2.75) is 26.4 Å². The first-order chi connectivity index (χ1) is 11.1. The molecule has 2 heterocycles. The van der Waals surface area contributed by atoms with Gasteiger partial charge in [0.15, 0.2) is 5.82 Å². The van der Waals surface area contributed by atoms with Gasteiger partial charge in [-0.1, -0.05) is 30.3 Å². The molecule has 1 aromatic carbocycles. The molecular formula is C17H18N4O2. The van der Waals surface area contributed by atoms with E-state index in [-0.39, 0.29) is 12.6 Å². The minimum Gasteiger partial charge on any atom is -0.480 e. The second-order valence-corrected chi connectivity index (χ2v) is 5.58. The molecule has 2 aromatic heterocycles. The molecule has 0 aliphatic heterocycles. The van der Waals surface area contributed by atoms with E-state index < -0.39 is 5.97 Å². The summed E-state index contributed by atoms with van der Waals surface area (Å²) in [6.45, 7) is 3.97. The van der Waals surface area contributed by atoms with Crippen molar-refractivity contribution in [3.05, 3.63) is 49.1 Å². The molecule has 6 nitrogen and oxygen atoms in total. The summed E-state index contributed by atoms with van der Waals surface area (Å²) in [5, 5.41) is 9.17. The summed E-state index contributed by atoms with van der Waals surface area (Å²) in [5.74, 6) is -0.191. The molecule has 3 rings (SSSR count). The van der Waals surface area contributed by atoms with E-state index in [1.165, 1.54) is 0 Å². The fourth-order valence-corrected chi connectivity index (χ4v) is 2.60. The van der Waals surface area contributed by atoms with Crippen LogP contribution in [0, 0.1) is 0 Å². The first-order valence-electron chi connectivity index (χ1n) is 7.43. The Morgan fingerprint density at radius 1 is 1.22 bits per heavy atom. The maximum atomic E-state index is 11.2. The number of rotatable bonds is 5. The van der Waals surface area contributed by atoms with E-state index in [4.69, 9.17) is 0 Å². The Kier molecular flexibility index (Phi) is 3.97. The van der Waals surface area contributed by atoms with Crippen molar-refractivity contribution in [1.82, 2.24) is 19.1 Å². The van der Waals surface area contributed by atoms with Crippen LogP contribution in [0.3, 0.4) is 0 Å². The second kappa shape index (κ2) is 6.08. The van der Waals surface area contributed by atoms with Crippen LogP contribution in [0.5, 0.6) is 0 Å². The van der Waals surface area contributed by atoms with Gasteiger partial charge in [0.1, 0.15) is 12.2 Å². The molecular weight excluding hydrogens is 292 g/mol. The zero-order chi connectivity index (χ0) is 16.4. The third-order valence-corrected chi connectivity index (χ3v) is 3.63. The van der Waals surface area contributed by atoms with Crippen LogP contribution in [-0.4, -0.2) is 30.2 Å². The van der Waals surface area contributed by atoms with Crippen LogP contribution in [0.25, 0.3) is 22.8 Å². The lowest BCUT2D eigenvalue weighted by atomic mass is 10.1. The Morgan fingerprint density at radius 2 is 1.96 bits per heavy atom. The third kappa shape index (κ3) is 2.88. The van der Waals surface area contributed by atoms with Crippen molar-refractivity contribution in [3.63, 3.8) is 0 Å². The van der Waals surface area contributed by atoms with E-state index in [1.807, 2.05) is 41.1 Å². The summed E-state index contributed by atoms with van der Waals surface area (Å²) in [6.07, 6.45) is 5.18. The van der Waals surface area contributed by atoms with E-state index in [9.17, 15) is 9.90 Å². The number of nitrogens with zero attached hydrogens (tertiary/aromatic N) is 4. The number of carboxylic acids is 1. The zero-order valence-corrected chi connectivity index (χ0v) is 13.0. The van der Waals surface area contributed by atoms with E-state index >= 15 is 0 Å². The summed E-state index contributed by atoms with van der Waals surface area (Å²) >= 11 is 0. The Morgan fingerprint density at radius 3 is 2.61 bits per heavy atom. The summed E-state index contributed by atoms with van der Waals surface area (Å²) < 4.78 is 3.65. The Hall–Kier alpha value is -2.89. The third-order valence-electron chi connectivity index (χ3n) is 3.63. The number of carboxylic acid groups (broad SMARTS) is 1. The molecule has 0 fully saturated rings. The second-order valence-electron chi connectivity index (χ2n) is 5.58. The van der Waals surface area contributed by atoms with Crippen LogP contribution in [0.1, 0.15) is 19.9 Å². The lowest BCUT2D eigenvalue weighted by Crippen LogP contribution is -2.11. The highest BCUT2D eigenvalue weighted by molar-refractivity contribution is 5.77. The maximum absolute atomic E-state index is 11.2. The molecule has 0 unspecified atom stereocenters. The first-order valence-corrected chi connectivity index (χ1v) is 7.43. The topological polar surface area (TPSA) is 72.9 Å². The summed E-state index contributed by atoms with van der Waals surface area (Å²) in [6, 6.07) is 9.93. The van der Waals surface area contributed by atoms with Crippen molar-refractivity contribution in [2.24, 2.45) is 0 Å². The minimum absolute atomic E-state index is 0.153. The van der Waals surface area contributed by atoms with Crippen molar-refractivity contribution in [1.29, 1.82) is 0 Å². The van der Waals surface area contributed by atoms with Crippen LogP contribution >= 0.6 is 0 Å². The number of hydrogen-bond acceptors (Lipinski definition) is 3. The predicted octanol–water partition coefficient (Wildman–Crippen LogP) is 3.08. The smallest absolute Gasteiger partial charge is 0.323 e. The average Bonchev–Trinajstić information content (AvgIpc) is 3.13. The molecule has 0 radical (unpaired) electrons. The lowest BCUT2D eigenvalue weighted by Gasteiger charge is -2.14. The normalized spacial score (nSPS) is 11.1. The highest BCUT2D eigenvalue weighted by Crippen LogP contribution is 2.31. The molecule has 23 heavy (non-hydrogen) atoms. The fourth-order valence-electron chi connectivity index (χ4n) is 2.60. The Labute approximate surface area is 134 Å². The molecule has 0 saturated heterocycles. The largest absolute Gasteiger partial charge is 0.480 e. The maximum Gasteiger partial charge on any atom is 0.323 e. The molecule has 1 N–H and O–H groups in total. The summed E-state index contributed by atoms with van der Waals surface area (Å²) in [5.41, 5.74) is 2.39. The van der Waals surface area contributed by atoms with Gasteiger partial charge in [-0.25, -0.2) is 9.97 Å². The van der Waals surface area contributed by atoms with Gasteiger partial charge in [0, 0.05) is 24.0 Å². The van der Waals surface area contributed by atoms with Crippen molar-refractivity contribution in [2.75, 3.05) is 0 Å². The molecule has 0 atom stereocenters. The SMILES string of the molecule is CC(C)n1ccnc1-c1c(-c2ccccc2)ncn1CC(=O)O. The van der Waals surface area contributed by atoms with Gasteiger partial charge < -0.3 is 14.2 Å². The van der Waals surface area contributed by atoms with Gasteiger partial charge in [0.2, 0.25) is 0 Å². The van der Waals surface area contributed by atoms with E-state index in [0.29, 0.717) is 0 Å². The number of benzene rings is 1. The molecule has 0 amide bonds. The Bertz CT molecular complexity index is 818. The molecule has 0 bridgehead atoms. The monoisotopic (exact) mass is 310 g/mol. The Balaban J connectivity index is 2.21.